The molecule has 0 radical (unpaired) electrons. The van der Waals surface area contributed by atoms with Crippen LogP contribution in [-0.2, 0) is 9.47 Å². The molecule has 1 fully saturated rings. The maximum absolute atomic E-state index is 13.3. The van der Waals surface area contributed by atoms with Gasteiger partial charge in [-0.25, -0.2) is 9.59 Å². The van der Waals surface area contributed by atoms with Crippen molar-refractivity contribution in [3.05, 3.63) is 76.3 Å². The monoisotopic (exact) mass is 471 g/mol. The van der Waals surface area contributed by atoms with Crippen LogP contribution in [-0.4, -0.2) is 61.0 Å². The van der Waals surface area contributed by atoms with Gasteiger partial charge in [-0.2, -0.15) is 5.01 Å². The number of esters is 2. The Morgan fingerprint density at radius 3 is 2.26 bits per heavy atom. The van der Waals surface area contributed by atoms with Crippen molar-refractivity contribution in [2.45, 2.75) is 0 Å². The maximum atomic E-state index is 13.3. The van der Waals surface area contributed by atoms with Crippen LogP contribution in [0.4, 0.5) is 5.69 Å². The van der Waals surface area contributed by atoms with Gasteiger partial charge in [0.05, 0.1) is 35.5 Å². The first-order valence-corrected chi connectivity index (χ1v) is 10.9. The summed E-state index contributed by atoms with van der Waals surface area (Å²) in [7, 11) is 0. The summed E-state index contributed by atoms with van der Waals surface area (Å²) < 4.78 is 9.97. The number of rotatable bonds is 3. The van der Waals surface area contributed by atoms with Gasteiger partial charge in [0.25, 0.3) is 17.7 Å². The van der Waals surface area contributed by atoms with Crippen LogP contribution >= 0.6 is 0 Å². The number of morpholine rings is 1. The number of nitrogens with one attached hydrogen (secondary N) is 1. The molecule has 3 aromatic carbocycles. The second-order valence-corrected chi connectivity index (χ2v) is 8.28. The lowest BCUT2D eigenvalue weighted by Gasteiger charge is -2.32. The van der Waals surface area contributed by atoms with Gasteiger partial charge >= 0.3 is 11.9 Å². The molecule has 10 heteroatoms. The highest BCUT2D eigenvalue weighted by molar-refractivity contribution is 6.27. The number of cyclic esters (lactones) is 2. The number of carbonyl (C=O) groups is 5. The zero-order valence-corrected chi connectivity index (χ0v) is 18.2. The molecule has 0 unspecified atom stereocenters. The van der Waals surface area contributed by atoms with E-state index in [1.54, 1.807) is 18.2 Å². The third-order valence-corrected chi connectivity index (χ3v) is 6.36. The Kier molecular flexibility index (Phi) is 4.64. The lowest BCUT2D eigenvalue weighted by Crippen LogP contribution is -2.51. The minimum absolute atomic E-state index is 0.0114. The van der Waals surface area contributed by atoms with Gasteiger partial charge in [0.15, 0.2) is 0 Å². The third-order valence-electron chi connectivity index (χ3n) is 6.36. The normalized spacial score (nSPS) is 17.0. The zero-order valence-electron chi connectivity index (χ0n) is 18.2. The molecule has 0 bridgehead atoms. The highest BCUT2D eigenvalue weighted by Gasteiger charge is 2.36. The number of nitrogens with zero attached hydrogens (tertiary/aromatic N) is 2. The van der Waals surface area contributed by atoms with Crippen LogP contribution in [0.15, 0.2) is 48.5 Å². The van der Waals surface area contributed by atoms with Crippen molar-refractivity contribution in [2.24, 2.45) is 0 Å². The number of ether oxygens (including phenoxy) is 2. The van der Waals surface area contributed by atoms with Crippen molar-refractivity contribution in [1.29, 1.82) is 0 Å². The number of anilines is 1. The number of imide groups is 1. The van der Waals surface area contributed by atoms with E-state index in [1.165, 1.54) is 18.2 Å². The molecule has 1 saturated heterocycles. The molecular formula is C25H17N3O7. The molecule has 35 heavy (non-hydrogen) atoms. The first kappa shape index (κ1) is 21.0. The standard InChI is InChI=1S/C25H17N3O7/c29-21(13-4-5-14-18(12-13)25(33)35-24(14)32)26-28-22(30)16-3-1-2-15-19(27-8-10-34-11-9-27)7-6-17(20(15)16)23(28)31/h1-7,12H,8-11H2,(H,26,29). The van der Waals surface area contributed by atoms with Crippen molar-refractivity contribution in [1.82, 2.24) is 10.4 Å². The number of amides is 3. The van der Waals surface area contributed by atoms with Gasteiger partial charge in [0.1, 0.15) is 0 Å². The fraction of sp³-hybridized carbons (Fsp3) is 0.160. The summed E-state index contributed by atoms with van der Waals surface area (Å²) in [6.45, 7) is 2.58. The van der Waals surface area contributed by atoms with E-state index in [0.29, 0.717) is 36.7 Å². The highest BCUT2D eigenvalue weighted by Crippen LogP contribution is 2.36. The maximum Gasteiger partial charge on any atom is 0.346 e. The number of hydrazine groups is 1. The topological polar surface area (TPSA) is 122 Å². The average Bonchev–Trinajstić information content (AvgIpc) is 3.17. The van der Waals surface area contributed by atoms with Crippen LogP contribution in [0.3, 0.4) is 0 Å². The summed E-state index contributed by atoms with van der Waals surface area (Å²) in [5, 5.41) is 1.98. The van der Waals surface area contributed by atoms with E-state index >= 15 is 0 Å². The van der Waals surface area contributed by atoms with Crippen molar-refractivity contribution in [3.8, 4) is 0 Å². The van der Waals surface area contributed by atoms with Crippen molar-refractivity contribution in [3.63, 3.8) is 0 Å². The predicted octanol–water partition coefficient (Wildman–Crippen LogP) is 1.93. The molecular weight excluding hydrogens is 454 g/mol. The molecule has 3 heterocycles. The molecule has 3 aliphatic heterocycles. The Bertz CT molecular complexity index is 1470. The molecule has 0 aromatic heterocycles. The molecule has 10 nitrogen and oxygen atoms in total. The summed E-state index contributed by atoms with van der Waals surface area (Å²) in [6, 6.07) is 12.5. The van der Waals surface area contributed by atoms with Crippen LogP contribution in [0.1, 0.15) is 51.8 Å². The fourth-order valence-corrected chi connectivity index (χ4v) is 4.66. The highest BCUT2D eigenvalue weighted by atomic mass is 16.6. The molecule has 3 amide bonds. The number of carbonyl (C=O) groups excluding carboxylic acids is 5. The Labute approximate surface area is 198 Å². The van der Waals surface area contributed by atoms with E-state index in [0.717, 1.165) is 11.1 Å². The Balaban J connectivity index is 1.34. The van der Waals surface area contributed by atoms with Crippen molar-refractivity contribution in [2.75, 3.05) is 31.2 Å². The minimum Gasteiger partial charge on any atom is -0.386 e. The van der Waals surface area contributed by atoms with Gasteiger partial charge in [-0.1, -0.05) is 12.1 Å². The molecule has 3 aliphatic rings. The molecule has 6 rings (SSSR count). The van der Waals surface area contributed by atoms with Gasteiger partial charge < -0.3 is 14.4 Å². The van der Waals surface area contributed by atoms with Gasteiger partial charge in [-0.15, -0.1) is 0 Å². The fourth-order valence-electron chi connectivity index (χ4n) is 4.66. The van der Waals surface area contributed by atoms with E-state index in [1.807, 2.05) is 12.1 Å². The van der Waals surface area contributed by atoms with E-state index in [9.17, 15) is 24.0 Å². The molecule has 0 atom stereocenters. The van der Waals surface area contributed by atoms with Crippen LogP contribution in [0, 0.1) is 0 Å². The van der Waals surface area contributed by atoms with Crippen molar-refractivity contribution < 1.29 is 33.4 Å². The Morgan fingerprint density at radius 1 is 0.800 bits per heavy atom. The number of hydrogen-bond acceptors (Lipinski definition) is 8. The van der Waals surface area contributed by atoms with Crippen LogP contribution in [0.5, 0.6) is 0 Å². The number of fused-ring (bicyclic) bond motifs is 1. The Hall–Kier alpha value is -4.57. The van der Waals surface area contributed by atoms with E-state index < -0.39 is 29.7 Å². The average molecular weight is 471 g/mol. The quantitative estimate of drug-likeness (QED) is 0.349. The third kappa shape index (κ3) is 3.18. The molecule has 0 aliphatic carbocycles. The second kappa shape index (κ2) is 7.74. The largest absolute Gasteiger partial charge is 0.386 e. The van der Waals surface area contributed by atoms with Gasteiger partial charge in [0, 0.05) is 35.1 Å². The van der Waals surface area contributed by atoms with Crippen molar-refractivity contribution >= 4 is 46.1 Å². The van der Waals surface area contributed by atoms with E-state index in [-0.39, 0.29) is 27.8 Å². The predicted molar refractivity (Wildman–Crippen MR) is 121 cm³/mol. The summed E-state index contributed by atoms with van der Waals surface area (Å²) in [4.78, 5) is 65.1. The van der Waals surface area contributed by atoms with Gasteiger partial charge in [0.2, 0.25) is 0 Å². The lowest BCUT2D eigenvalue weighted by molar-refractivity contribution is 0.0440. The van der Waals surface area contributed by atoms with Crippen LogP contribution < -0.4 is 10.3 Å². The summed E-state index contributed by atoms with van der Waals surface area (Å²) in [6.07, 6.45) is 0. The summed E-state index contributed by atoms with van der Waals surface area (Å²) in [5.74, 6) is -3.78. The summed E-state index contributed by atoms with van der Waals surface area (Å²) >= 11 is 0. The van der Waals surface area contributed by atoms with Gasteiger partial charge in [-0.3, -0.25) is 19.8 Å². The lowest BCUT2D eigenvalue weighted by atomic mass is 9.93. The van der Waals surface area contributed by atoms with Gasteiger partial charge in [-0.05, 0) is 36.4 Å². The summed E-state index contributed by atoms with van der Waals surface area (Å²) in [5.41, 5.74) is 3.82. The van der Waals surface area contributed by atoms with E-state index in [2.05, 4.69) is 15.1 Å². The van der Waals surface area contributed by atoms with Crippen LogP contribution in [0.25, 0.3) is 10.8 Å². The number of hydrogen-bond donors (Lipinski definition) is 1. The minimum atomic E-state index is -0.860. The number of benzene rings is 3. The first-order valence-electron chi connectivity index (χ1n) is 10.9. The second-order valence-electron chi connectivity index (χ2n) is 8.28. The smallest absolute Gasteiger partial charge is 0.346 e. The Morgan fingerprint density at radius 2 is 1.49 bits per heavy atom. The molecule has 0 saturated carbocycles. The SMILES string of the molecule is O=C(NN1C(=O)c2cccc3c(N4CCOCC4)ccc(c23)C1=O)c1ccc2c(c1)C(=O)OC2=O. The first-order chi connectivity index (χ1) is 16.9. The van der Waals surface area contributed by atoms with E-state index in [4.69, 9.17) is 4.74 Å². The molecule has 1 N–H and O–H groups in total. The zero-order chi connectivity index (χ0) is 24.3. The molecule has 174 valence electrons. The van der Waals surface area contributed by atoms with Crippen LogP contribution in [0.2, 0.25) is 0 Å². The molecule has 3 aromatic rings. The molecule has 0 spiro atoms.